The van der Waals surface area contributed by atoms with E-state index >= 15 is 0 Å². The number of hydrogen-bond acceptors (Lipinski definition) is 5. The van der Waals surface area contributed by atoms with Crippen molar-refractivity contribution in [2.24, 2.45) is 0 Å². The maximum atomic E-state index is 12.1. The number of halogens is 4. The molecule has 1 heterocycles. The summed E-state index contributed by atoms with van der Waals surface area (Å²) in [5.41, 5.74) is 0.577. The smallest absolute Gasteiger partial charge is 0.406 e. The van der Waals surface area contributed by atoms with Crippen LogP contribution in [0.4, 0.5) is 19.2 Å². The molecule has 1 aromatic heterocycles. The molecule has 0 saturated carbocycles. The number of aromatic nitrogens is 2. The lowest BCUT2D eigenvalue weighted by molar-refractivity contribution is -0.274. The molecule has 6 nitrogen and oxygen atoms in total. The largest absolute Gasteiger partial charge is 0.573 e. The summed E-state index contributed by atoms with van der Waals surface area (Å²) in [7, 11) is 0. The summed E-state index contributed by atoms with van der Waals surface area (Å²) < 4.78 is 45.4. The molecule has 2 aromatic carbocycles. The van der Waals surface area contributed by atoms with E-state index in [1.54, 1.807) is 24.3 Å². The van der Waals surface area contributed by atoms with Crippen LogP contribution in [0.15, 0.2) is 52.9 Å². The van der Waals surface area contributed by atoms with Crippen LogP contribution in [0.5, 0.6) is 5.75 Å². The van der Waals surface area contributed by atoms with Gasteiger partial charge in [-0.3, -0.25) is 10.1 Å². The predicted molar refractivity (Wildman–Crippen MR) is 85.8 cm³/mol. The minimum atomic E-state index is -4.80. The number of alkyl halides is 3. The Kier molecular flexibility index (Phi) is 4.81. The number of carbonyl (C=O) groups excluding carboxylic acids is 1. The third-order valence-corrected chi connectivity index (χ3v) is 3.43. The van der Waals surface area contributed by atoms with Crippen molar-refractivity contribution < 1.29 is 27.1 Å². The van der Waals surface area contributed by atoms with Crippen LogP contribution in [-0.4, -0.2) is 22.5 Å². The normalized spacial score (nSPS) is 11.2. The Balaban J connectivity index is 1.70. The average Bonchev–Trinajstić information content (AvgIpc) is 3.02. The van der Waals surface area contributed by atoms with Crippen LogP contribution in [0, 0.1) is 0 Å². The molecular formula is C16H9ClF3N3O3. The van der Waals surface area contributed by atoms with Gasteiger partial charge in [0.1, 0.15) is 5.75 Å². The lowest BCUT2D eigenvalue weighted by Gasteiger charge is -2.08. The molecule has 3 rings (SSSR count). The lowest BCUT2D eigenvalue weighted by Crippen LogP contribution is -2.17. The number of anilines is 1. The van der Waals surface area contributed by atoms with Gasteiger partial charge in [-0.05, 0) is 36.4 Å². The highest BCUT2D eigenvalue weighted by atomic mass is 35.5. The topological polar surface area (TPSA) is 77.3 Å². The molecule has 0 aliphatic heterocycles. The van der Waals surface area contributed by atoms with Crippen LogP contribution in [0.2, 0.25) is 5.02 Å². The molecule has 134 valence electrons. The standard InChI is InChI=1S/C16H9ClF3N3O3/c17-12-4-2-1-3-11(12)14-22-23-15(25-14)21-13(24)9-5-7-10(8-6-9)26-16(18,19)20/h1-8H,(H,21,23,24). The molecule has 0 saturated heterocycles. The minimum absolute atomic E-state index is 0.0806. The number of amides is 1. The van der Waals surface area contributed by atoms with Gasteiger partial charge in [0, 0.05) is 5.56 Å². The van der Waals surface area contributed by atoms with Gasteiger partial charge < -0.3 is 9.15 Å². The van der Waals surface area contributed by atoms with Gasteiger partial charge in [-0.25, -0.2) is 0 Å². The SMILES string of the molecule is O=C(Nc1nnc(-c2ccccc2Cl)o1)c1ccc(OC(F)(F)F)cc1. The maximum Gasteiger partial charge on any atom is 0.573 e. The van der Waals surface area contributed by atoms with Gasteiger partial charge in [0.2, 0.25) is 0 Å². The third-order valence-electron chi connectivity index (χ3n) is 3.10. The highest BCUT2D eigenvalue weighted by molar-refractivity contribution is 6.33. The van der Waals surface area contributed by atoms with Gasteiger partial charge in [0.25, 0.3) is 11.8 Å². The van der Waals surface area contributed by atoms with Crippen LogP contribution >= 0.6 is 11.6 Å². The fourth-order valence-corrected chi connectivity index (χ4v) is 2.21. The van der Waals surface area contributed by atoms with Gasteiger partial charge in [0.05, 0.1) is 10.6 Å². The average molecular weight is 384 g/mol. The summed E-state index contributed by atoms with van der Waals surface area (Å²) in [4.78, 5) is 12.1. The Labute approximate surface area is 149 Å². The van der Waals surface area contributed by atoms with E-state index in [2.05, 4.69) is 20.3 Å². The number of nitrogens with one attached hydrogen (secondary N) is 1. The Morgan fingerprint density at radius 2 is 1.77 bits per heavy atom. The monoisotopic (exact) mass is 383 g/mol. The number of benzene rings is 2. The summed E-state index contributed by atoms with van der Waals surface area (Å²) in [6.45, 7) is 0. The van der Waals surface area contributed by atoms with Crippen LogP contribution in [0.1, 0.15) is 10.4 Å². The zero-order valence-corrected chi connectivity index (χ0v) is 13.5. The number of nitrogens with zero attached hydrogens (tertiary/aromatic N) is 2. The first-order valence-electron chi connectivity index (χ1n) is 7.07. The van der Waals surface area contributed by atoms with Crippen molar-refractivity contribution in [2.75, 3.05) is 5.32 Å². The maximum absolute atomic E-state index is 12.1. The summed E-state index contributed by atoms with van der Waals surface area (Å²) >= 11 is 6.02. The van der Waals surface area contributed by atoms with Gasteiger partial charge >= 0.3 is 12.4 Å². The van der Waals surface area contributed by atoms with Gasteiger partial charge in [-0.2, -0.15) is 0 Å². The second kappa shape index (κ2) is 7.04. The number of carbonyl (C=O) groups is 1. The number of hydrogen-bond donors (Lipinski definition) is 1. The molecule has 0 radical (unpaired) electrons. The fraction of sp³-hybridized carbons (Fsp3) is 0.0625. The minimum Gasteiger partial charge on any atom is -0.406 e. The van der Waals surface area contributed by atoms with E-state index in [0.29, 0.717) is 10.6 Å². The van der Waals surface area contributed by atoms with E-state index < -0.39 is 18.0 Å². The van der Waals surface area contributed by atoms with Gasteiger partial charge in [-0.15, -0.1) is 18.3 Å². The zero-order valence-electron chi connectivity index (χ0n) is 12.7. The Hall–Kier alpha value is -3.07. The summed E-state index contributed by atoms with van der Waals surface area (Å²) in [5.74, 6) is -0.967. The molecule has 3 aromatic rings. The first-order chi connectivity index (χ1) is 12.3. The van der Waals surface area contributed by atoms with Crippen LogP contribution in [0.3, 0.4) is 0 Å². The fourth-order valence-electron chi connectivity index (χ4n) is 1.99. The van der Waals surface area contributed by atoms with Crippen molar-refractivity contribution in [1.29, 1.82) is 0 Å². The van der Waals surface area contributed by atoms with Crippen molar-refractivity contribution in [1.82, 2.24) is 10.2 Å². The van der Waals surface area contributed by atoms with E-state index in [9.17, 15) is 18.0 Å². The number of ether oxygens (including phenoxy) is 1. The van der Waals surface area contributed by atoms with E-state index in [-0.39, 0.29) is 17.5 Å². The summed E-state index contributed by atoms with van der Waals surface area (Å²) in [6.07, 6.45) is -4.80. The van der Waals surface area contributed by atoms with Gasteiger partial charge in [0.15, 0.2) is 0 Å². The molecule has 1 amide bonds. The molecule has 0 unspecified atom stereocenters. The first kappa shape index (κ1) is 17.7. The summed E-state index contributed by atoms with van der Waals surface area (Å²) in [5, 5.41) is 10.2. The third kappa shape index (κ3) is 4.31. The van der Waals surface area contributed by atoms with Crippen LogP contribution in [-0.2, 0) is 0 Å². The lowest BCUT2D eigenvalue weighted by atomic mass is 10.2. The summed E-state index contributed by atoms with van der Waals surface area (Å²) in [6, 6.07) is 11.0. The predicted octanol–water partition coefficient (Wildman–Crippen LogP) is 4.54. The van der Waals surface area contributed by atoms with Crippen molar-refractivity contribution in [3.05, 3.63) is 59.1 Å². The molecule has 0 spiro atoms. The van der Waals surface area contributed by atoms with E-state index in [1.165, 1.54) is 12.1 Å². The Morgan fingerprint density at radius 1 is 1.08 bits per heavy atom. The molecule has 26 heavy (non-hydrogen) atoms. The highest BCUT2D eigenvalue weighted by Crippen LogP contribution is 2.27. The van der Waals surface area contributed by atoms with Crippen LogP contribution < -0.4 is 10.1 Å². The molecule has 0 atom stereocenters. The van der Waals surface area contributed by atoms with Crippen LogP contribution in [0.25, 0.3) is 11.5 Å². The van der Waals surface area contributed by atoms with E-state index in [1.807, 2.05) is 0 Å². The molecule has 1 N–H and O–H groups in total. The molecule has 0 aliphatic rings. The van der Waals surface area contributed by atoms with E-state index in [4.69, 9.17) is 16.0 Å². The molecular weight excluding hydrogens is 375 g/mol. The zero-order chi connectivity index (χ0) is 18.7. The molecule has 0 aliphatic carbocycles. The first-order valence-corrected chi connectivity index (χ1v) is 7.45. The van der Waals surface area contributed by atoms with Crippen molar-refractivity contribution in [3.63, 3.8) is 0 Å². The number of rotatable bonds is 4. The molecule has 0 fully saturated rings. The highest BCUT2D eigenvalue weighted by Gasteiger charge is 2.31. The van der Waals surface area contributed by atoms with Crippen molar-refractivity contribution in [2.45, 2.75) is 6.36 Å². The quantitative estimate of drug-likeness (QED) is 0.715. The Bertz CT molecular complexity index is 926. The van der Waals surface area contributed by atoms with Crippen molar-refractivity contribution in [3.8, 4) is 17.2 Å². The van der Waals surface area contributed by atoms with E-state index in [0.717, 1.165) is 12.1 Å². The van der Waals surface area contributed by atoms with Gasteiger partial charge in [-0.1, -0.05) is 28.8 Å². The molecule has 10 heteroatoms. The second-order valence-electron chi connectivity index (χ2n) is 4.92. The van der Waals surface area contributed by atoms with Crippen molar-refractivity contribution >= 4 is 23.5 Å². The second-order valence-corrected chi connectivity index (χ2v) is 5.33. The molecule has 0 bridgehead atoms. The Morgan fingerprint density at radius 3 is 2.42 bits per heavy atom.